The van der Waals surface area contributed by atoms with Crippen LogP contribution in [0.25, 0.3) is 0 Å². The first-order valence-electron chi connectivity index (χ1n) is 3.55. The maximum atomic E-state index is 12.0. The molecule has 14 heavy (non-hydrogen) atoms. The van der Waals surface area contributed by atoms with Crippen molar-refractivity contribution in [1.29, 1.82) is 0 Å². The van der Waals surface area contributed by atoms with Gasteiger partial charge in [0.2, 0.25) is 0 Å². The van der Waals surface area contributed by atoms with Gasteiger partial charge in [-0.1, -0.05) is 0 Å². The van der Waals surface area contributed by atoms with Gasteiger partial charge in [-0.15, -0.1) is 0 Å². The summed E-state index contributed by atoms with van der Waals surface area (Å²) < 4.78 is 36.1. The maximum absolute atomic E-state index is 12.0. The number of rotatable bonds is 1. The van der Waals surface area contributed by atoms with Gasteiger partial charge in [0.1, 0.15) is 0 Å². The molecule has 0 aliphatic heterocycles. The van der Waals surface area contributed by atoms with E-state index in [1.165, 1.54) is 0 Å². The van der Waals surface area contributed by atoms with Crippen molar-refractivity contribution in [2.75, 3.05) is 5.32 Å². The van der Waals surface area contributed by atoms with Gasteiger partial charge in [0.05, 0.1) is 5.56 Å². The summed E-state index contributed by atoms with van der Waals surface area (Å²) in [6, 6.07) is 3.59. The molecule has 0 atom stereocenters. The van der Waals surface area contributed by atoms with E-state index in [1.807, 2.05) is 5.32 Å². The summed E-state index contributed by atoms with van der Waals surface area (Å²) >= 11 is 0. The molecule has 0 bridgehead atoms. The van der Waals surface area contributed by atoms with Crippen molar-refractivity contribution in [2.24, 2.45) is 0 Å². The highest BCUT2D eigenvalue weighted by Crippen LogP contribution is 2.29. The second-order valence-corrected chi connectivity index (χ2v) is 2.49. The lowest BCUT2D eigenvalue weighted by atomic mass is 10.2. The van der Waals surface area contributed by atoms with E-state index in [1.54, 1.807) is 0 Å². The quantitative estimate of drug-likeness (QED) is 0.751. The number of nitrogens with one attached hydrogen (secondary N) is 1. The highest BCUT2D eigenvalue weighted by atomic mass is 19.4. The lowest BCUT2D eigenvalue weighted by Crippen LogP contribution is -2.07. The molecule has 3 nitrogen and oxygen atoms in total. The van der Waals surface area contributed by atoms with Crippen molar-refractivity contribution in [3.05, 3.63) is 29.8 Å². The van der Waals surface area contributed by atoms with Crippen LogP contribution in [0.4, 0.5) is 23.7 Å². The topological polar surface area (TPSA) is 49.0 Å². The summed E-state index contributed by atoms with van der Waals surface area (Å²) in [5.74, 6) is 0. The third kappa shape index (κ3) is 2.65. The number of hydrogen-bond acceptors (Lipinski definition) is 1. The van der Waals surface area contributed by atoms with E-state index in [2.05, 4.69) is 0 Å². The van der Waals surface area contributed by atoms with E-state index in [0.717, 1.165) is 24.3 Å². The van der Waals surface area contributed by atoms with Crippen molar-refractivity contribution in [1.82, 2.24) is 0 Å². The predicted octanol–water partition coefficient (Wildman–Crippen LogP) is 2.67. The van der Waals surface area contributed by atoms with Crippen molar-refractivity contribution < 1.29 is 23.1 Å². The molecule has 1 aromatic rings. The molecule has 0 saturated carbocycles. The van der Waals surface area contributed by atoms with Gasteiger partial charge in [-0.25, -0.2) is 9.90 Å². The molecule has 1 N–H and O–H groups in total. The van der Waals surface area contributed by atoms with Gasteiger partial charge in [-0.05, 0) is 24.3 Å². The van der Waals surface area contributed by atoms with Crippen molar-refractivity contribution >= 4 is 11.8 Å². The molecule has 0 heterocycles. The van der Waals surface area contributed by atoms with Gasteiger partial charge in [-0.2, -0.15) is 13.2 Å². The third-order valence-electron chi connectivity index (χ3n) is 1.46. The van der Waals surface area contributed by atoms with Crippen LogP contribution in [0.2, 0.25) is 0 Å². The van der Waals surface area contributed by atoms with Gasteiger partial charge in [-0.3, -0.25) is 5.32 Å². The van der Waals surface area contributed by atoms with Gasteiger partial charge in [0, 0.05) is 5.69 Å². The SMILES string of the molecule is [O]C(=O)Nc1ccc(C(F)(F)F)cc1. The van der Waals surface area contributed by atoms with E-state index in [0.29, 0.717) is 0 Å². The Labute approximate surface area is 77.2 Å². The second kappa shape index (κ2) is 3.57. The third-order valence-corrected chi connectivity index (χ3v) is 1.46. The van der Waals surface area contributed by atoms with E-state index < -0.39 is 17.8 Å². The van der Waals surface area contributed by atoms with Gasteiger partial charge >= 0.3 is 12.3 Å². The zero-order valence-corrected chi connectivity index (χ0v) is 6.76. The Hall–Kier alpha value is -1.72. The summed E-state index contributed by atoms with van der Waals surface area (Å²) in [4.78, 5) is 10.0. The number of hydrogen-bond donors (Lipinski definition) is 1. The van der Waals surface area contributed by atoms with Crippen LogP contribution in [-0.2, 0) is 11.3 Å². The van der Waals surface area contributed by atoms with Crippen LogP contribution in [0.1, 0.15) is 5.56 Å². The normalized spacial score (nSPS) is 11.1. The molecule has 0 aromatic heterocycles. The Morgan fingerprint density at radius 3 is 2.00 bits per heavy atom. The highest BCUT2D eigenvalue weighted by molar-refractivity contribution is 5.82. The van der Waals surface area contributed by atoms with Crippen LogP contribution in [0.15, 0.2) is 24.3 Å². The first-order chi connectivity index (χ1) is 6.39. The number of carbonyl (C=O) groups excluding carboxylic acids is 1. The molecule has 1 amide bonds. The number of anilines is 1. The minimum Gasteiger partial charge on any atom is -0.288 e. The Kier molecular flexibility index (Phi) is 2.64. The molecule has 0 fully saturated rings. The van der Waals surface area contributed by atoms with E-state index in [4.69, 9.17) is 0 Å². The monoisotopic (exact) mass is 204 g/mol. The molecule has 1 radical (unpaired) electrons. The minimum absolute atomic E-state index is 0.0398. The molecule has 1 rings (SSSR count). The standard InChI is InChI=1S/C8H5F3NO2/c9-8(10,11)5-1-3-6(4-2-5)12-7(13)14/h1-4,12H. The number of carbonyl (C=O) groups is 1. The summed E-state index contributed by atoms with van der Waals surface area (Å²) in [6.07, 6.45) is -5.98. The maximum Gasteiger partial charge on any atom is 0.454 e. The van der Waals surface area contributed by atoms with Crippen LogP contribution in [0.3, 0.4) is 0 Å². The summed E-state index contributed by atoms with van der Waals surface area (Å²) in [5.41, 5.74) is -0.792. The van der Waals surface area contributed by atoms with E-state index in [9.17, 15) is 23.1 Å². The van der Waals surface area contributed by atoms with E-state index >= 15 is 0 Å². The minimum atomic E-state index is -4.42. The average Bonchev–Trinajstić information content (AvgIpc) is 2.02. The van der Waals surface area contributed by atoms with Crippen molar-refractivity contribution in [3.63, 3.8) is 0 Å². The lowest BCUT2D eigenvalue weighted by Gasteiger charge is -2.06. The number of halogens is 3. The molecule has 75 valence electrons. The van der Waals surface area contributed by atoms with Crippen molar-refractivity contribution in [3.8, 4) is 0 Å². The Balaban J connectivity index is 2.84. The zero-order chi connectivity index (χ0) is 10.8. The van der Waals surface area contributed by atoms with Crippen molar-refractivity contribution in [2.45, 2.75) is 6.18 Å². The average molecular weight is 204 g/mol. The Morgan fingerprint density at radius 1 is 1.14 bits per heavy atom. The zero-order valence-electron chi connectivity index (χ0n) is 6.76. The highest BCUT2D eigenvalue weighted by Gasteiger charge is 2.29. The Morgan fingerprint density at radius 2 is 1.64 bits per heavy atom. The largest absolute Gasteiger partial charge is 0.454 e. The number of alkyl halides is 3. The fraction of sp³-hybridized carbons (Fsp3) is 0.125. The second-order valence-electron chi connectivity index (χ2n) is 2.49. The number of amides is 1. The predicted molar refractivity (Wildman–Crippen MR) is 41.1 cm³/mol. The van der Waals surface area contributed by atoms with Crippen LogP contribution in [0.5, 0.6) is 0 Å². The van der Waals surface area contributed by atoms with Crippen LogP contribution in [0, 0.1) is 0 Å². The summed E-state index contributed by atoms with van der Waals surface area (Å²) in [5, 5.41) is 11.8. The number of benzene rings is 1. The van der Waals surface area contributed by atoms with Crippen LogP contribution < -0.4 is 5.32 Å². The summed E-state index contributed by atoms with van der Waals surface area (Å²) in [7, 11) is 0. The first kappa shape index (κ1) is 10.4. The smallest absolute Gasteiger partial charge is 0.288 e. The fourth-order valence-electron chi connectivity index (χ4n) is 0.860. The molecule has 0 saturated heterocycles. The van der Waals surface area contributed by atoms with E-state index in [-0.39, 0.29) is 5.69 Å². The molecule has 0 spiro atoms. The summed E-state index contributed by atoms with van der Waals surface area (Å²) in [6.45, 7) is 0. The van der Waals surface area contributed by atoms with Gasteiger partial charge < -0.3 is 0 Å². The van der Waals surface area contributed by atoms with Crippen LogP contribution in [-0.4, -0.2) is 6.09 Å². The molecule has 0 unspecified atom stereocenters. The molecule has 6 heteroatoms. The molecule has 1 aromatic carbocycles. The first-order valence-corrected chi connectivity index (χ1v) is 3.55. The fourth-order valence-corrected chi connectivity index (χ4v) is 0.860. The molecule has 0 aliphatic carbocycles. The molecular weight excluding hydrogens is 199 g/mol. The lowest BCUT2D eigenvalue weighted by molar-refractivity contribution is -0.137. The molecule has 0 aliphatic rings. The van der Waals surface area contributed by atoms with Gasteiger partial charge in [0.25, 0.3) is 0 Å². The Bertz CT molecular complexity index is 331. The van der Waals surface area contributed by atoms with Crippen LogP contribution >= 0.6 is 0 Å². The molecular formula is C8H5F3NO2. The van der Waals surface area contributed by atoms with Gasteiger partial charge in [0.15, 0.2) is 0 Å².